The lowest BCUT2D eigenvalue weighted by Crippen LogP contribution is -2.37. The molecule has 1 saturated carbocycles. The predicted octanol–water partition coefficient (Wildman–Crippen LogP) is 3.74. The van der Waals surface area contributed by atoms with E-state index < -0.39 is 5.97 Å². The van der Waals surface area contributed by atoms with Gasteiger partial charge in [-0.15, -0.1) is 0 Å². The fraction of sp³-hybridized carbons (Fsp3) is 0.364. The van der Waals surface area contributed by atoms with Gasteiger partial charge in [0, 0.05) is 19.0 Å². The summed E-state index contributed by atoms with van der Waals surface area (Å²) in [5.74, 6) is -0.597. The molecule has 26 heavy (non-hydrogen) atoms. The van der Waals surface area contributed by atoms with Gasteiger partial charge in [0.05, 0.1) is 11.0 Å². The Morgan fingerprint density at radius 2 is 1.77 bits per heavy atom. The molecule has 1 amide bonds. The highest BCUT2D eigenvalue weighted by atomic mass is 16.4. The van der Waals surface area contributed by atoms with Crippen molar-refractivity contribution in [1.29, 1.82) is 0 Å². The molecule has 1 saturated heterocycles. The molecule has 4 nitrogen and oxygen atoms in total. The van der Waals surface area contributed by atoms with Gasteiger partial charge in [-0.05, 0) is 43.4 Å². The molecule has 134 valence electrons. The highest BCUT2D eigenvalue weighted by Gasteiger charge is 2.53. The van der Waals surface area contributed by atoms with E-state index in [2.05, 4.69) is 31.2 Å². The van der Waals surface area contributed by atoms with Gasteiger partial charge in [-0.25, -0.2) is 4.79 Å². The molecule has 1 atom stereocenters. The van der Waals surface area contributed by atoms with E-state index >= 15 is 0 Å². The van der Waals surface area contributed by atoms with Gasteiger partial charge in [-0.3, -0.25) is 4.79 Å². The highest BCUT2D eigenvalue weighted by Crippen LogP contribution is 2.50. The molecule has 1 N–H and O–H groups in total. The van der Waals surface area contributed by atoms with E-state index in [1.165, 1.54) is 5.56 Å². The summed E-state index contributed by atoms with van der Waals surface area (Å²) in [5.41, 5.74) is 3.16. The van der Waals surface area contributed by atoms with Gasteiger partial charge < -0.3 is 10.0 Å². The molecule has 0 spiro atoms. The SMILES string of the molecule is Cc1ccc(C2(C(=O)N3CCC(c4ccccc4C(=O)O)C3)CC2)cc1. The number of likely N-dealkylation sites (tertiary alicyclic amines) is 1. The van der Waals surface area contributed by atoms with Crippen molar-refractivity contribution in [3.63, 3.8) is 0 Å². The number of hydrogen-bond acceptors (Lipinski definition) is 2. The Kier molecular flexibility index (Phi) is 4.06. The molecular weight excluding hydrogens is 326 g/mol. The number of nitrogens with zero attached hydrogens (tertiary/aromatic N) is 1. The molecule has 1 heterocycles. The first-order chi connectivity index (χ1) is 12.5. The van der Waals surface area contributed by atoms with E-state index in [0.717, 1.165) is 30.4 Å². The van der Waals surface area contributed by atoms with Crippen LogP contribution in [0.3, 0.4) is 0 Å². The number of amides is 1. The van der Waals surface area contributed by atoms with Crippen LogP contribution >= 0.6 is 0 Å². The van der Waals surface area contributed by atoms with E-state index in [-0.39, 0.29) is 17.2 Å². The van der Waals surface area contributed by atoms with Crippen LogP contribution in [0.4, 0.5) is 0 Å². The van der Waals surface area contributed by atoms with E-state index in [0.29, 0.717) is 18.7 Å². The second kappa shape index (κ2) is 6.27. The van der Waals surface area contributed by atoms with Crippen LogP contribution in [0.25, 0.3) is 0 Å². The molecule has 2 aliphatic rings. The summed E-state index contributed by atoms with van der Waals surface area (Å²) in [6.07, 6.45) is 2.63. The second-order valence-electron chi connectivity index (χ2n) is 7.58. The van der Waals surface area contributed by atoms with Crippen molar-refractivity contribution in [3.05, 3.63) is 70.8 Å². The van der Waals surface area contributed by atoms with E-state index in [4.69, 9.17) is 0 Å². The minimum atomic E-state index is -0.899. The van der Waals surface area contributed by atoms with Gasteiger partial charge in [0.15, 0.2) is 0 Å². The van der Waals surface area contributed by atoms with E-state index in [1.54, 1.807) is 12.1 Å². The van der Waals surface area contributed by atoms with Crippen molar-refractivity contribution < 1.29 is 14.7 Å². The molecule has 1 aliphatic heterocycles. The smallest absolute Gasteiger partial charge is 0.335 e. The monoisotopic (exact) mass is 349 g/mol. The topological polar surface area (TPSA) is 57.6 Å². The highest BCUT2D eigenvalue weighted by molar-refractivity contribution is 5.92. The van der Waals surface area contributed by atoms with Gasteiger partial charge in [0.25, 0.3) is 0 Å². The lowest BCUT2D eigenvalue weighted by Gasteiger charge is -2.24. The van der Waals surface area contributed by atoms with Crippen molar-refractivity contribution in [1.82, 2.24) is 4.90 Å². The zero-order valence-corrected chi connectivity index (χ0v) is 14.9. The summed E-state index contributed by atoms with van der Waals surface area (Å²) in [7, 11) is 0. The Bertz CT molecular complexity index is 852. The number of hydrogen-bond donors (Lipinski definition) is 1. The first-order valence-corrected chi connectivity index (χ1v) is 9.20. The standard InChI is InChI=1S/C22H23NO3/c1-15-6-8-17(9-7-15)22(11-12-22)21(26)23-13-10-16(14-23)18-4-2-3-5-19(18)20(24)25/h2-9,16H,10-14H2,1H3,(H,24,25). The van der Waals surface area contributed by atoms with Crippen molar-refractivity contribution >= 4 is 11.9 Å². The number of benzene rings is 2. The number of carbonyl (C=O) groups excluding carboxylic acids is 1. The number of aryl methyl sites for hydroxylation is 1. The Balaban J connectivity index is 1.53. The van der Waals surface area contributed by atoms with Crippen molar-refractivity contribution in [2.24, 2.45) is 0 Å². The third-order valence-corrected chi connectivity index (χ3v) is 5.87. The van der Waals surface area contributed by atoms with Crippen LogP contribution in [0.15, 0.2) is 48.5 Å². The Morgan fingerprint density at radius 1 is 1.08 bits per heavy atom. The average Bonchev–Trinajstić information content (AvgIpc) is 3.31. The van der Waals surface area contributed by atoms with Crippen molar-refractivity contribution in [2.45, 2.75) is 37.5 Å². The summed E-state index contributed by atoms with van der Waals surface area (Å²) < 4.78 is 0. The lowest BCUT2D eigenvalue weighted by molar-refractivity contribution is -0.132. The second-order valence-corrected chi connectivity index (χ2v) is 7.58. The molecule has 1 aliphatic carbocycles. The van der Waals surface area contributed by atoms with Crippen LogP contribution in [-0.2, 0) is 10.2 Å². The largest absolute Gasteiger partial charge is 0.478 e. The van der Waals surface area contributed by atoms with Crippen LogP contribution in [-0.4, -0.2) is 35.0 Å². The lowest BCUT2D eigenvalue weighted by atomic mass is 9.92. The summed E-state index contributed by atoms with van der Waals surface area (Å²) >= 11 is 0. The van der Waals surface area contributed by atoms with Gasteiger partial charge in [-0.1, -0.05) is 48.0 Å². The zero-order valence-electron chi connectivity index (χ0n) is 14.9. The molecule has 0 bridgehead atoms. The molecule has 0 radical (unpaired) electrons. The Hall–Kier alpha value is -2.62. The summed E-state index contributed by atoms with van der Waals surface area (Å²) in [6, 6.07) is 15.5. The summed E-state index contributed by atoms with van der Waals surface area (Å²) in [4.78, 5) is 26.7. The number of carbonyl (C=O) groups is 2. The normalized spacial score (nSPS) is 20.8. The third-order valence-electron chi connectivity index (χ3n) is 5.87. The molecule has 2 aromatic carbocycles. The van der Waals surface area contributed by atoms with Crippen molar-refractivity contribution in [2.75, 3.05) is 13.1 Å². The summed E-state index contributed by atoms with van der Waals surface area (Å²) in [6.45, 7) is 3.36. The zero-order chi connectivity index (χ0) is 18.3. The molecule has 2 aromatic rings. The van der Waals surface area contributed by atoms with Crippen LogP contribution < -0.4 is 0 Å². The maximum absolute atomic E-state index is 13.2. The predicted molar refractivity (Wildman–Crippen MR) is 99.4 cm³/mol. The fourth-order valence-electron chi connectivity index (χ4n) is 4.17. The van der Waals surface area contributed by atoms with Crippen LogP contribution in [0, 0.1) is 6.92 Å². The summed E-state index contributed by atoms with van der Waals surface area (Å²) in [5, 5.41) is 9.43. The first-order valence-electron chi connectivity index (χ1n) is 9.20. The van der Waals surface area contributed by atoms with Crippen LogP contribution in [0.1, 0.15) is 52.2 Å². The van der Waals surface area contributed by atoms with E-state index in [9.17, 15) is 14.7 Å². The molecule has 2 fully saturated rings. The van der Waals surface area contributed by atoms with Gasteiger partial charge in [0.1, 0.15) is 0 Å². The Morgan fingerprint density at radius 3 is 2.42 bits per heavy atom. The number of rotatable bonds is 4. The minimum absolute atomic E-state index is 0.0973. The molecule has 0 aromatic heterocycles. The van der Waals surface area contributed by atoms with Crippen LogP contribution in [0.5, 0.6) is 0 Å². The third kappa shape index (κ3) is 2.79. The average molecular weight is 349 g/mol. The van der Waals surface area contributed by atoms with Gasteiger partial charge in [0.2, 0.25) is 5.91 Å². The van der Waals surface area contributed by atoms with Gasteiger partial charge in [-0.2, -0.15) is 0 Å². The van der Waals surface area contributed by atoms with E-state index in [1.807, 2.05) is 17.0 Å². The molecule has 4 rings (SSSR count). The maximum atomic E-state index is 13.2. The van der Waals surface area contributed by atoms with Crippen LogP contribution in [0.2, 0.25) is 0 Å². The molecule has 1 unspecified atom stereocenters. The maximum Gasteiger partial charge on any atom is 0.335 e. The number of carboxylic acids is 1. The molecule has 4 heteroatoms. The Labute approximate surface area is 153 Å². The number of carboxylic acid groups (broad SMARTS) is 1. The minimum Gasteiger partial charge on any atom is -0.478 e. The fourth-order valence-corrected chi connectivity index (χ4v) is 4.17. The quantitative estimate of drug-likeness (QED) is 0.915. The number of aromatic carboxylic acids is 1. The van der Waals surface area contributed by atoms with Gasteiger partial charge >= 0.3 is 5.97 Å². The molecular formula is C22H23NO3. The first kappa shape index (κ1) is 16.8. The van der Waals surface area contributed by atoms with Crippen molar-refractivity contribution in [3.8, 4) is 0 Å².